The second-order valence-corrected chi connectivity index (χ2v) is 6.20. The first kappa shape index (κ1) is 22.4. The molecule has 0 aliphatic carbocycles. The highest BCUT2D eigenvalue weighted by Crippen LogP contribution is 2.29. The normalized spacial score (nSPS) is 16.4. The lowest BCUT2D eigenvalue weighted by Gasteiger charge is -2.37. The maximum Gasteiger partial charge on any atom is 0.274 e. The molecular weight excluding hydrogens is 345 g/mol. The minimum Gasteiger partial charge on any atom is -0.356 e. The molecule has 0 aromatic heterocycles. The Kier molecular flexibility index (Phi) is 9.26. The number of nitrogens with zero attached hydrogens (tertiary/aromatic N) is 2. The van der Waals surface area contributed by atoms with E-state index in [2.05, 4.69) is 18.5 Å². The molecule has 0 spiro atoms. The number of allylic oxidation sites excluding steroid dienone is 5. The number of nitrogens with one attached hydrogen (secondary N) is 1. The van der Waals surface area contributed by atoms with Crippen molar-refractivity contribution in [3.8, 4) is 0 Å². The van der Waals surface area contributed by atoms with Crippen molar-refractivity contribution in [2.45, 2.75) is 40.0 Å². The van der Waals surface area contributed by atoms with Crippen molar-refractivity contribution in [3.63, 3.8) is 0 Å². The Morgan fingerprint density at radius 1 is 1.37 bits per heavy atom. The Morgan fingerprint density at radius 2 is 2.07 bits per heavy atom. The summed E-state index contributed by atoms with van der Waals surface area (Å²) in [6, 6.07) is 0. The average Bonchev–Trinajstić information content (AvgIpc) is 2.65. The van der Waals surface area contributed by atoms with Gasteiger partial charge in [-0.3, -0.25) is 9.59 Å². The first-order valence-electron chi connectivity index (χ1n) is 9.17. The quantitative estimate of drug-likeness (QED) is 0.467. The van der Waals surface area contributed by atoms with Crippen LogP contribution in [0.2, 0.25) is 0 Å². The maximum absolute atomic E-state index is 12.9. The second-order valence-electron chi connectivity index (χ2n) is 6.20. The van der Waals surface area contributed by atoms with Gasteiger partial charge in [0.15, 0.2) is 0 Å². The van der Waals surface area contributed by atoms with Gasteiger partial charge in [0.25, 0.3) is 5.91 Å². The zero-order valence-corrected chi connectivity index (χ0v) is 16.6. The first-order valence-corrected chi connectivity index (χ1v) is 9.17. The Balaban J connectivity index is 3.07. The zero-order valence-electron chi connectivity index (χ0n) is 16.6. The highest BCUT2D eigenvalue weighted by atomic mass is 19.1. The predicted molar refractivity (Wildman–Crippen MR) is 107 cm³/mol. The van der Waals surface area contributed by atoms with Crippen LogP contribution in [-0.2, 0) is 9.59 Å². The number of carbonyl (C=O) groups is 2. The molecule has 5 nitrogen and oxygen atoms in total. The van der Waals surface area contributed by atoms with Crippen molar-refractivity contribution in [1.82, 2.24) is 15.1 Å². The van der Waals surface area contributed by atoms with Gasteiger partial charge in [-0.05, 0) is 45.3 Å². The SMILES string of the molecule is C=CN1C(/C=C\CC(=C)CF)=C(C)N(CCCC(=O)NCC)C(=O)/C1=C/C. The maximum atomic E-state index is 12.9. The largest absolute Gasteiger partial charge is 0.356 e. The molecule has 6 heteroatoms. The van der Waals surface area contributed by atoms with E-state index in [1.165, 1.54) is 0 Å². The van der Waals surface area contributed by atoms with Gasteiger partial charge in [-0.15, -0.1) is 0 Å². The van der Waals surface area contributed by atoms with E-state index >= 15 is 0 Å². The number of amides is 2. The fourth-order valence-corrected chi connectivity index (χ4v) is 2.84. The lowest BCUT2D eigenvalue weighted by Crippen LogP contribution is -2.42. The Bertz CT molecular complexity index is 677. The molecule has 0 aromatic rings. The summed E-state index contributed by atoms with van der Waals surface area (Å²) >= 11 is 0. The predicted octanol–water partition coefficient (Wildman–Crippen LogP) is 3.80. The number of alkyl halides is 1. The van der Waals surface area contributed by atoms with Crippen molar-refractivity contribution in [3.05, 3.63) is 60.3 Å². The van der Waals surface area contributed by atoms with E-state index < -0.39 is 6.67 Å². The molecule has 1 aliphatic heterocycles. The van der Waals surface area contributed by atoms with Crippen LogP contribution in [0.1, 0.15) is 40.0 Å². The van der Waals surface area contributed by atoms with Gasteiger partial charge >= 0.3 is 0 Å². The van der Waals surface area contributed by atoms with Crippen LogP contribution < -0.4 is 5.32 Å². The molecule has 2 amide bonds. The molecular formula is C21H30FN3O2. The van der Waals surface area contributed by atoms with Gasteiger partial charge < -0.3 is 15.1 Å². The lowest BCUT2D eigenvalue weighted by molar-refractivity contribution is -0.128. The molecule has 0 aromatic carbocycles. The molecule has 1 aliphatic rings. The summed E-state index contributed by atoms with van der Waals surface area (Å²) in [5, 5.41) is 2.76. The Hall–Kier alpha value is -2.63. The molecule has 148 valence electrons. The summed E-state index contributed by atoms with van der Waals surface area (Å²) in [6.45, 7) is 13.5. The van der Waals surface area contributed by atoms with Crippen LogP contribution in [-0.4, -0.2) is 41.4 Å². The molecule has 0 bridgehead atoms. The van der Waals surface area contributed by atoms with E-state index in [4.69, 9.17) is 0 Å². The number of halogens is 1. The zero-order chi connectivity index (χ0) is 20.4. The van der Waals surface area contributed by atoms with E-state index in [1.807, 2.05) is 26.0 Å². The standard InChI is InChI=1S/C21H30FN3O2/c1-6-18-21(27)25(14-10-13-20(26)23-7-2)17(5)19(24(18)8-3)12-9-11-16(4)15-22/h6,8-9,12H,3-4,7,10-11,13-15H2,1-2,5H3,(H,23,26)/b12-9-,18-6-. The van der Waals surface area contributed by atoms with Gasteiger partial charge in [-0.25, -0.2) is 4.39 Å². The van der Waals surface area contributed by atoms with Crippen LogP contribution >= 0.6 is 0 Å². The highest BCUT2D eigenvalue weighted by Gasteiger charge is 2.31. The number of carbonyl (C=O) groups excluding carboxylic acids is 2. The van der Waals surface area contributed by atoms with Crippen LogP contribution in [0.3, 0.4) is 0 Å². The summed E-state index contributed by atoms with van der Waals surface area (Å²) < 4.78 is 12.6. The van der Waals surface area contributed by atoms with Crippen LogP contribution in [0.15, 0.2) is 60.3 Å². The number of hydrogen-bond acceptors (Lipinski definition) is 3. The van der Waals surface area contributed by atoms with Crippen molar-refractivity contribution < 1.29 is 14.0 Å². The van der Waals surface area contributed by atoms with Crippen molar-refractivity contribution >= 4 is 11.8 Å². The summed E-state index contributed by atoms with van der Waals surface area (Å²) in [5.74, 6) is -0.150. The van der Waals surface area contributed by atoms with Gasteiger partial charge in [0.2, 0.25) is 5.91 Å². The van der Waals surface area contributed by atoms with Gasteiger partial charge in [0, 0.05) is 31.4 Å². The van der Waals surface area contributed by atoms with Gasteiger partial charge in [-0.2, -0.15) is 0 Å². The van der Waals surface area contributed by atoms with Crippen LogP contribution in [0.5, 0.6) is 0 Å². The van der Waals surface area contributed by atoms with E-state index in [0.29, 0.717) is 43.6 Å². The van der Waals surface area contributed by atoms with E-state index in [9.17, 15) is 14.0 Å². The lowest BCUT2D eigenvalue weighted by atomic mass is 10.1. The Labute approximate surface area is 161 Å². The second kappa shape index (κ2) is 11.2. The number of rotatable bonds is 10. The third-order valence-corrected chi connectivity index (χ3v) is 4.25. The molecule has 0 saturated carbocycles. The van der Waals surface area contributed by atoms with E-state index in [-0.39, 0.29) is 11.8 Å². The average molecular weight is 375 g/mol. The van der Waals surface area contributed by atoms with Crippen molar-refractivity contribution in [2.75, 3.05) is 19.8 Å². The summed E-state index contributed by atoms with van der Waals surface area (Å²) in [6.07, 6.45) is 8.36. The summed E-state index contributed by atoms with van der Waals surface area (Å²) in [5.41, 5.74) is 2.55. The molecule has 1 heterocycles. The molecule has 0 unspecified atom stereocenters. The van der Waals surface area contributed by atoms with Crippen molar-refractivity contribution in [2.24, 2.45) is 0 Å². The fraction of sp³-hybridized carbons (Fsp3) is 0.429. The topological polar surface area (TPSA) is 52.6 Å². The molecule has 27 heavy (non-hydrogen) atoms. The molecule has 0 saturated heterocycles. The van der Waals surface area contributed by atoms with Crippen LogP contribution in [0.25, 0.3) is 0 Å². The molecule has 1 N–H and O–H groups in total. The monoisotopic (exact) mass is 375 g/mol. The van der Waals surface area contributed by atoms with Gasteiger partial charge in [0.1, 0.15) is 12.4 Å². The van der Waals surface area contributed by atoms with E-state index in [0.717, 1.165) is 11.4 Å². The molecule has 0 fully saturated rings. The number of hydrogen-bond donors (Lipinski definition) is 1. The van der Waals surface area contributed by atoms with Gasteiger partial charge in [0.05, 0.1) is 5.70 Å². The van der Waals surface area contributed by atoms with Crippen LogP contribution in [0, 0.1) is 0 Å². The third kappa shape index (κ3) is 5.94. The minimum atomic E-state index is -0.557. The summed E-state index contributed by atoms with van der Waals surface area (Å²) in [4.78, 5) is 27.9. The van der Waals surface area contributed by atoms with E-state index in [1.54, 1.807) is 29.0 Å². The van der Waals surface area contributed by atoms with Crippen LogP contribution in [0.4, 0.5) is 4.39 Å². The highest BCUT2D eigenvalue weighted by molar-refractivity contribution is 5.96. The third-order valence-electron chi connectivity index (χ3n) is 4.25. The van der Waals surface area contributed by atoms with Gasteiger partial charge in [-0.1, -0.05) is 25.3 Å². The fourth-order valence-electron chi connectivity index (χ4n) is 2.84. The minimum absolute atomic E-state index is 0.0209. The first-order chi connectivity index (χ1) is 12.9. The molecule has 0 atom stereocenters. The Morgan fingerprint density at radius 3 is 2.63 bits per heavy atom. The van der Waals surface area contributed by atoms with Crippen molar-refractivity contribution in [1.29, 1.82) is 0 Å². The molecule has 1 rings (SSSR count). The summed E-state index contributed by atoms with van der Waals surface area (Å²) in [7, 11) is 0. The molecule has 0 radical (unpaired) electrons. The smallest absolute Gasteiger partial charge is 0.274 e.